The van der Waals surface area contributed by atoms with E-state index in [1.165, 1.54) is 17.7 Å². The summed E-state index contributed by atoms with van der Waals surface area (Å²) in [7, 11) is -5.58. The Labute approximate surface area is 201 Å². The van der Waals surface area contributed by atoms with Gasteiger partial charge in [0.2, 0.25) is 20.0 Å². The van der Waals surface area contributed by atoms with Crippen molar-refractivity contribution in [3.05, 3.63) is 71.3 Å². The summed E-state index contributed by atoms with van der Waals surface area (Å²) in [5.74, 6) is -0.695. The number of piperazine rings is 1. The van der Waals surface area contributed by atoms with E-state index in [-0.39, 0.29) is 5.75 Å². The second-order valence-electron chi connectivity index (χ2n) is 8.32. The van der Waals surface area contributed by atoms with E-state index in [0.717, 1.165) is 5.56 Å². The van der Waals surface area contributed by atoms with Crippen LogP contribution in [-0.2, 0) is 30.5 Å². The molecule has 0 radical (unpaired) electrons. The molecule has 2 aromatic rings. The van der Waals surface area contributed by atoms with Gasteiger partial charge in [0.15, 0.2) is 0 Å². The minimum Gasteiger partial charge on any atom is -0.465 e. The van der Waals surface area contributed by atoms with Gasteiger partial charge < -0.3 is 9.64 Å². The van der Waals surface area contributed by atoms with Crippen molar-refractivity contribution in [1.82, 2.24) is 13.9 Å². The van der Waals surface area contributed by atoms with E-state index in [0.29, 0.717) is 50.3 Å². The molecule has 11 heteroatoms. The lowest BCUT2D eigenvalue weighted by atomic mass is 10.0. The second-order valence-corrected chi connectivity index (χ2v) is 12.1. The number of carbonyl (C=O) groups is 1. The standard InChI is InChI=1S/C23H31N3O6S2/c1-32-23(27)21-10-8-19(9-11-21)18-34(30,31)24-22(20-6-4-3-5-7-20)12-13-25-14-16-26(17-15-25)33(2,28)29/h3-11,22,24H,12-18H2,1-2H3. The van der Waals surface area contributed by atoms with E-state index < -0.39 is 32.1 Å². The van der Waals surface area contributed by atoms with Crippen LogP contribution in [0.15, 0.2) is 54.6 Å². The largest absolute Gasteiger partial charge is 0.465 e. The Kier molecular flexibility index (Phi) is 8.83. The van der Waals surface area contributed by atoms with Gasteiger partial charge in [0.05, 0.1) is 24.7 Å². The number of esters is 1. The van der Waals surface area contributed by atoms with E-state index in [4.69, 9.17) is 0 Å². The van der Waals surface area contributed by atoms with Crippen LogP contribution in [0.3, 0.4) is 0 Å². The van der Waals surface area contributed by atoms with Gasteiger partial charge >= 0.3 is 5.97 Å². The highest BCUT2D eigenvalue weighted by atomic mass is 32.2. The summed E-state index contributed by atoms with van der Waals surface area (Å²) in [5.41, 5.74) is 1.78. The zero-order chi connectivity index (χ0) is 24.8. The van der Waals surface area contributed by atoms with E-state index in [1.54, 1.807) is 24.3 Å². The molecule has 1 aliphatic rings. The minimum atomic E-state index is -3.67. The fraction of sp³-hybridized carbons (Fsp3) is 0.435. The average molecular weight is 510 g/mol. The second kappa shape index (κ2) is 11.4. The van der Waals surface area contributed by atoms with Gasteiger partial charge in [-0.3, -0.25) is 0 Å². The lowest BCUT2D eigenvalue weighted by Crippen LogP contribution is -2.48. The first kappa shape index (κ1) is 26.3. The van der Waals surface area contributed by atoms with Crippen molar-refractivity contribution in [3.63, 3.8) is 0 Å². The van der Waals surface area contributed by atoms with E-state index in [9.17, 15) is 21.6 Å². The summed E-state index contributed by atoms with van der Waals surface area (Å²) in [6.07, 6.45) is 1.76. The maximum absolute atomic E-state index is 13.0. The summed E-state index contributed by atoms with van der Waals surface area (Å²) < 4.78 is 58.4. The normalized spacial score (nSPS) is 16.8. The van der Waals surface area contributed by atoms with Crippen molar-refractivity contribution in [3.8, 4) is 0 Å². The number of methoxy groups -OCH3 is 1. The Morgan fingerprint density at radius 1 is 0.971 bits per heavy atom. The van der Waals surface area contributed by atoms with Crippen LogP contribution in [0.5, 0.6) is 0 Å². The summed E-state index contributed by atoms with van der Waals surface area (Å²) in [6.45, 7) is 2.71. The van der Waals surface area contributed by atoms with Crippen LogP contribution < -0.4 is 4.72 Å². The van der Waals surface area contributed by atoms with Crippen molar-refractivity contribution in [2.45, 2.75) is 18.2 Å². The van der Waals surface area contributed by atoms with Gasteiger partial charge in [0.25, 0.3) is 0 Å². The molecule has 0 saturated carbocycles. The molecule has 3 rings (SSSR count). The first-order chi connectivity index (χ1) is 16.1. The number of nitrogens with zero attached hydrogens (tertiary/aromatic N) is 2. The molecule has 0 amide bonds. The molecule has 0 bridgehead atoms. The number of rotatable bonds is 10. The maximum Gasteiger partial charge on any atom is 0.337 e. The van der Waals surface area contributed by atoms with Crippen molar-refractivity contribution in [2.75, 3.05) is 46.1 Å². The van der Waals surface area contributed by atoms with Crippen LogP contribution in [0.1, 0.15) is 33.9 Å². The van der Waals surface area contributed by atoms with Crippen LogP contribution in [0.4, 0.5) is 0 Å². The van der Waals surface area contributed by atoms with Crippen LogP contribution in [0, 0.1) is 0 Å². The number of hydrogen-bond donors (Lipinski definition) is 1. The summed E-state index contributed by atoms with van der Waals surface area (Å²) >= 11 is 0. The van der Waals surface area contributed by atoms with E-state index in [1.807, 2.05) is 30.3 Å². The lowest BCUT2D eigenvalue weighted by Gasteiger charge is -2.34. The Bertz CT molecular complexity index is 1160. The van der Waals surface area contributed by atoms with Crippen molar-refractivity contribution in [1.29, 1.82) is 0 Å². The summed E-state index contributed by atoms with van der Waals surface area (Å²) in [6, 6.07) is 15.3. The molecule has 1 unspecified atom stereocenters. The molecule has 1 N–H and O–H groups in total. The SMILES string of the molecule is COC(=O)c1ccc(CS(=O)(=O)NC(CCN2CCN(S(C)(=O)=O)CC2)c2ccccc2)cc1. The topological polar surface area (TPSA) is 113 Å². The fourth-order valence-corrected chi connectivity index (χ4v) is 6.14. The third kappa shape index (κ3) is 7.60. The van der Waals surface area contributed by atoms with Crippen LogP contribution >= 0.6 is 0 Å². The summed E-state index contributed by atoms with van der Waals surface area (Å²) in [4.78, 5) is 13.7. The number of nitrogens with one attached hydrogen (secondary N) is 1. The molecule has 1 fully saturated rings. The molecule has 1 atom stereocenters. The van der Waals surface area contributed by atoms with Gasteiger partial charge in [-0.05, 0) is 29.7 Å². The molecule has 1 aliphatic heterocycles. The Morgan fingerprint density at radius 2 is 1.59 bits per heavy atom. The monoisotopic (exact) mass is 509 g/mol. The highest BCUT2D eigenvalue weighted by Crippen LogP contribution is 2.20. The molecule has 0 aliphatic carbocycles. The van der Waals surface area contributed by atoms with E-state index in [2.05, 4.69) is 14.4 Å². The molecular weight excluding hydrogens is 478 g/mol. The first-order valence-corrected chi connectivity index (χ1v) is 14.5. The Morgan fingerprint density at radius 3 is 2.15 bits per heavy atom. The van der Waals surface area contributed by atoms with Gasteiger partial charge in [-0.15, -0.1) is 0 Å². The molecule has 0 aromatic heterocycles. The maximum atomic E-state index is 13.0. The van der Waals surface area contributed by atoms with Crippen LogP contribution in [0.2, 0.25) is 0 Å². The van der Waals surface area contributed by atoms with Crippen LogP contribution in [0.25, 0.3) is 0 Å². The first-order valence-electron chi connectivity index (χ1n) is 11.0. The smallest absolute Gasteiger partial charge is 0.337 e. The van der Waals surface area contributed by atoms with Gasteiger partial charge in [-0.1, -0.05) is 42.5 Å². The predicted molar refractivity (Wildman–Crippen MR) is 130 cm³/mol. The third-order valence-electron chi connectivity index (χ3n) is 5.79. The molecule has 1 saturated heterocycles. The molecule has 0 spiro atoms. The molecule has 2 aromatic carbocycles. The average Bonchev–Trinajstić information content (AvgIpc) is 2.81. The molecule has 34 heavy (non-hydrogen) atoms. The highest BCUT2D eigenvalue weighted by molar-refractivity contribution is 7.88. The number of benzene rings is 2. The molecule has 186 valence electrons. The minimum absolute atomic E-state index is 0.217. The number of hydrogen-bond acceptors (Lipinski definition) is 7. The predicted octanol–water partition coefficient (Wildman–Crippen LogP) is 1.60. The Hall–Kier alpha value is -2.31. The number of carbonyl (C=O) groups excluding carboxylic acids is 1. The molecule has 1 heterocycles. The Balaban J connectivity index is 1.65. The van der Waals surface area contributed by atoms with Gasteiger partial charge in [-0.2, -0.15) is 4.31 Å². The fourth-order valence-electron chi connectivity index (χ4n) is 3.91. The van der Waals surface area contributed by atoms with Crippen molar-refractivity contribution in [2.24, 2.45) is 0 Å². The van der Waals surface area contributed by atoms with Crippen LogP contribution in [-0.4, -0.2) is 78.1 Å². The van der Waals surface area contributed by atoms with Gasteiger partial charge in [0.1, 0.15) is 0 Å². The quantitative estimate of drug-likeness (QED) is 0.484. The number of ether oxygens (including phenoxy) is 1. The molecule has 9 nitrogen and oxygen atoms in total. The van der Waals surface area contributed by atoms with Gasteiger partial charge in [0, 0.05) is 38.8 Å². The van der Waals surface area contributed by atoms with Crippen molar-refractivity contribution < 1.29 is 26.4 Å². The number of sulfonamides is 2. The van der Waals surface area contributed by atoms with Gasteiger partial charge in [-0.25, -0.2) is 26.4 Å². The van der Waals surface area contributed by atoms with E-state index >= 15 is 0 Å². The van der Waals surface area contributed by atoms with Crippen molar-refractivity contribution >= 4 is 26.0 Å². The zero-order valence-electron chi connectivity index (χ0n) is 19.4. The summed E-state index contributed by atoms with van der Waals surface area (Å²) in [5, 5.41) is 0. The third-order valence-corrected chi connectivity index (χ3v) is 8.45. The lowest BCUT2D eigenvalue weighted by molar-refractivity contribution is 0.0600. The molecular formula is C23H31N3O6S2. The highest BCUT2D eigenvalue weighted by Gasteiger charge is 2.25. The zero-order valence-corrected chi connectivity index (χ0v) is 21.0.